The first-order chi connectivity index (χ1) is 9.19. The normalized spacial score (nSPS) is 10.3. The van der Waals surface area contributed by atoms with Crippen molar-refractivity contribution >= 4 is 5.91 Å². The number of amides is 1. The van der Waals surface area contributed by atoms with Crippen molar-refractivity contribution in [1.82, 2.24) is 10.6 Å². The zero-order valence-corrected chi connectivity index (χ0v) is 12.1. The molecule has 4 nitrogen and oxygen atoms in total. The van der Waals surface area contributed by atoms with Gasteiger partial charge in [-0.05, 0) is 25.5 Å². The van der Waals surface area contributed by atoms with E-state index < -0.39 is 0 Å². The number of hydrogen-bond donors (Lipinski definition) is 2. The molecule has 2 N–H and O–H groups in total. The average Bonchev–Trinajstić information content (AvgIpc) is 2.42. The number of rotatable bonds is 8. The molecule has 1 rings (SSSR count). The molecule has 4 heteroatoms. The van der Waals surface area contributed by atoms with Crippen molar-refractivity contribution in [3.05, 3.63) is 29.3 Å². The molecule has 0 atom stereocenters. The number of ether oxygens (including phenoxy) is 1. The summed E-state index contributed by atoms with van der Waals surface area (Å²) in [6, 6.07) is 6.16. The molecule has 1 amide bonds. The third kappa shape index (κ3) is 5.30. The van der Waals surface area contributed by atoms with Crippen molar-refractivity contribution in [1.29, 1.82) is 0 Å². The van der Waals surface area contributed by atoms with Crippen molar-refractivity contribution in [3.63, 3.8) is 0 Å². The number of para-hydroxylation sites is 1. The highest BCUT2D eigenvalue weighted by Gasteiger charge is 2.07. The van der Waals surface area contributed by atoms with Crippen LogP contribution in [0.25, 0.3) is 0 Å². The van der Waals surface area contributed by atoms with Gasteiger partial charge in [0.15, 0.2) is 0 Å². The molecule has 0 unspecified atom stereocenters. The molecule has 0 saturated heterocycles. The second-order valence-corrected chi connectivity index (χ2v) is 4.47. The third-order valence-electron chi connectivity index (χ3n) is 2.93. The van der Waals surface area contributed by atoms with Gasteiger partial charge in [-0.15, -0.1) is 0 Å². The highest BCUT2D eigenvalue weighted by atomic mass is 16.5. The first-order valence-corrected chi connectivity index (χ1v) is 6.81. The average molecular weight is 264 g/mol. The van der Waals surface area contributed by atoms with Crippen LogP contribution in [0.4, 0.5) is 0 Å². The van der Waals surface area contributed by atoms with Crippen LogP contribution >= 0.6 is 0 Å². The van der Waals surface area contributed by atoms with E-state index in [0.717, 1.165) is 30.8 Å². The lowest BCUT2D eigenvalue weighted by molar-refractivity contribution is -0.120. The molecular formula is C15H24N2O2. The maximum absolute atomic E-state index is 11.1. The zero-order valence-electron chi connectivity index (χ0n) is 12.1. The van der Waals surface area contributed by atoms with Crippen LogP contribution in [-0.4, -0.2) is 26.1 Å². The van der Waals surface area contributed by atoms with Crippen molar-refractivity contribution in [2.45, 2.75) is 33.2 Å². The molecule has 0 aromatic heterocycles. The molecule has 0 aliphatic rings. The quantitative estimate of drug-likeness (QED) is 0.706. The summed E-state index contributed by atoms with van der Waals surface area (Å²) in [5.41, 5.74) is 2.30. The summed E-state index contributed by atoms with van der Waals surface area (Å²) in [6.45, 7) is 6.44. The fraction of sp³-hybridized carbons (Fsp3) is 0.533. The van der Waals surface area contributed by atoms with Gasteiger partial charge in [0.25, 0.3) is 0 Å². The van der Waals surface area contributed by atoms with Crippen molar-refractivity contribution in [2.75, 3.05) is 20.2 Å². The summed E-state index contributed by atoms with van der Waals surface area (Å²) in [5, 5.41) is 5.92. The summed E-state index contributed by atoms with van der Waals surface area (Å²) in [7, 11) is 1.65. The molecule has 0 spiro atoms. The van der Waals surface area contributed by atoms with Crippen LogP contribution in [0.3, 0.4) is 0 Å². The highest BCUT2D eigenvalue weighted by molar-refractivity contribution is 5.75. The number of carbonyl (C=O) groups is 1. The molecule has 1 aromatic carbocycles. The molecule has 0 saturated carbocycles. The van der Waals surface area contributed by atoms with Crippen LogP contribution in [0.2, 0.25) is 0 Å². The van der Waals surface area contributed by atoms with Crippen LogP contribution in [0.5, 0.6) is 5.75 Å². The number of aryl methyl sites for hydroxylation is 1. The molecule has 0 bridgehead atoms. The van der Waals surface area contributed by atoms with E-state index in [9.17, 15) is 4.79 Å². The molecule has 19 heavy (non-hydrogen) atoms. The van der Waals surface area contributed by atoms with Crippen LogP contribution < -0.4 is 15.4 Å². The number of hydrogen-bond acceptors (Lipinski definition) is 3. The Labute approximate surface area is 115 Å². The van der Waals surface area contributed by atoms with E-state index in [2.05, 4.69) is 23.6 Å². The fourth-order valence-electron chi connectivity index (χ4n) is 1.85. The molecule has 0 radical (unpaired) electrons. The van der Waals surface area contributed by atoms with Crippen LogP contribution in [0.15, 0.2) is 18.2 Å². The Bertz CT molecular complexity index is 405. The third-order valence-corrected chi connectivity index (χ3v) is 2.93. The van der Waals surface area contributed by atoms with E-state index in [0.29, 0.717) is 13.0 Å². The predicted octanol–water partition coefficient (Wildman–Crippen LogP) is 2.01. The van der Waals surface area contributed by atoms with Crippen LogP contribution in [0, 0.1) is 6.92 Å². The second kappa shape index (κ2) is 8.53. The topological polar surface area (TPSA) is 50.4 Å². The molecule has 0 aliphatic carbocycles. The lowest BCUT2D eigenvalue weighted by Gasteiger charge is -2.14. The van der Waals surface area contributed by atoms with Gasteiger partial charge in [0.2, 0.25) is 5.91 Å². The summed E-state index contributed by atoms with van der Waals surface area (Å²) in [6.07, 6.45) is 1.24. The van der Waals surface area contributed by atoms with E-state index in [-0.39, 0.29) is 5.91 Å². The van der Waals surface area contributed by atoms with Gasteiger partial charge < -0.3 is 15.4 Å². The molecule has 0 fully saturated rings. The Morgan fingerprint density at radius 3 is 2.84 bits per heavy atom. The van der Waals surface area contributed by atoms with Gasteiger partial charge in [-0.3, -0.25) is 4.79 Å². The molecular weight excluding hydrogens is 240 g/mol. The number of nitrogens with one attached hydrogen (secondary N) is 2. The van der Waals surface area contributed by atoms with E-state index in [1.807, 2.05) is 19.1 Å². The molecule has 106 valence electrons. The lowest BCUT2D eigenvalue weighted by Crippen LogP contribution is -2.18. The maximum Gasteiger partial charge on any atom is 0.219 e. The van der Waals surface area contributed by atoms with Gasteiger partial charge in [-0.1, -0.05) is 25.1 Å². The van der Waals surface area contributed by atoms with Crippen molar-refractivity contribution < 1.29 is 9.53 Å². The summed E-state index contributed by atoms with van der Waals surface area (Å²) >= 11 is 0. The fourth-order valence-corrected chi connectivity index (χ4v) is 1.85. The lowest BCUT2D eigenvalue weighted by atomic mass is 10.1. The number of benzene rings is 1. The molecule has 1 aromatic rings. The predicted molar refractivity (Wildman–Crippen MR) is 77.4 cm³/mol. The van der Waals surface area contributed by atoms with Crippen LogP contribution in [0.1, 0.15) is 30.9 Å². The zero-order chi connectivity index (χ0) is 14.1. The van der Waals surface area contributed by atoms with E-state index >= 15 is 0 Å². The van der Waals surface area contributed by atoms with Gasteiger partial charge in [-0.25, -0.2) is 0 Å². The van der Waals surface area contributed by atoms with Gasteiger partial charge in [0, 0.05) is 25.6 Å². The van der Waals surface area contributed by atoms with Gasteiger partial charge in [0.05, 0.1) is 6.61 Å². The van der Waals surface area contributed by atoms with Crippen molar-refractivity contribution in [3.8, 4) is 5.75 Å². The van der Waals surface area contributed by atoms with Gasteiger partial charge in [0.1, 0.15) is 5.75 Å². The highest BCUT2D eigenvalue weighted by Crippen LogP contribution is 2.23. The Hall–Kier alpha value is -1.55. The monoisotopic (exact) mass is 264 g/mol. The standard InChI is InChI=1S/C15H24N2O2/c1-4-17-11-13-8-5-7-12(2)15(13)19-10-6-9-14(18)16-3/h5,7-8,17H,4,6,9-11H2,1-3H3,(H,16,18). The smallest absolute Gasteiger partial charge is 0.219 e. The second-order valence-electron chi connectivity index (χ2n) is 4.47. The van der Waals surface area contributed by atoms with Gasteiger partial charge in [-0.2, -0.15) is 0 Å². The van der Waals surface area contributed by atoms with Crippen LogP contribution in [-0.2, 0) is 11.3 Å². The number of carbonyl (C=O) groups excluding carboxylic acids is 1. The first kappa shape index (κ1) is 15.5. The van der Waals surface area contributed by atoms with E-state index in [1.165, 1.54) is 5.56 Å². The van der Waals surface area contributed by atoms with E-state index in [1.54, 1.807) is 7.05 Å². The Morgan fingerprint density at radius 1 is 1.37 bits per heavy atom. The minimum atomic E-state index is 0.0567. The minimum absolute atomic E-state index is 0.0567. The first-order valence-electron chi connectivity index (χ1n) is 6.81. The SMILES string of the molecule is CCNCc1cccc(C)c1OCCCC(=O)NC. The Balaban J connectivity index is 2.53. The minimum Gasteiger partial charge on any atom is -0.493 e. The summed E-state index contributed by atoms with van der Waals surface area (Å²) in [5.74, 6) is 1.00. The Morgan fingerprint density at radius 2 is 2.16 bits per heavy atom. The summed E-state index contributed by atoms with van der Waals surface area (Å²) < 4.78 is 5.84. The Kier molecular flexibility index (Phi) is 6.97. The van der Waals surface area contributed by atoms with Gasteiger partial charge >= 0.3 is 0 Å². The summed E-state index contributed by atoms with van der Waals surface area (Å²) in [4.78, 5) is 11.1. The van der Waals surface area contributed by atoms with E-state index in [4.69, 9.17) is 4.74 Å². The molecule has 0 aliphatic heterocycles. The largest absolute Gasteiger partial charge is 0.493 e. The molecule has 0 heterocycles. The maximum atomic E-state index is 11.1. The van der Waals surface area contributed by atoms with Crippen molar-refractivity contribution in [2.24, 2.45) is 0 Å².